The van der Waals surface area contributed by atoms with Crippen molar-refractivity contribution in [3.05, 3.63) is 34.9 Å². The normalized spacial score (nSPS) is 18.1. The quantitative estimate of drug-likeness (QED) is 0.877. The number of aliphatic hydroxyl groups is 1. The molecule has 1 fully saturated rings. The van der Waals surface area contributed by atoms with Gasteiger partial charge in [-0.05, 0) is 24.1 Å². The van der Waals surface area contributed by atoms with Crippen molar-refractivity contribution in [2.24, 2.45) is 0 Å². The van der Waals surface area contributed by atoms with Crippen LogP contribution in [-0.4, -0.2) is 60.8 Å². The molecule has 1 N–H and O–H groups in total. The van der Waals surface area contributed by atoms with Crippen molar-refractivity contribution < 1.29 is 5.11 Å². The van der Waals surface area contributed by atoms with E-state index in [4.69, 9.17) is 16.7 Å². The lowest BCUT2D eigenvalue weighted by Gasteiger charge is -2.34. The average Bonchev–Trinajstić information content (AvgIpc) is 2.40. The minimum Gasteiger partial charge on any atom is -0.395 e. The number of piperazine rings is 1. The molecule has 2 rings (SSSR count). The van der Waals surface area contributed by atoms with Crippen LogP contribution < -0.4 is 0 Å². The Hall–Kier alpha value is -0.610. The molecule has 0 saturated carbocycles. The van der Waals surface area contributed by atoms with Gasteiger partial charge in [0.05, 0.1) is 6.61 Å². The maximum absolute atomic E-state index is 8.89. The van der Waals surface area contributed by atoms with Gasteiger partial charge in [-0.3, -0.25) is 4.90 Å². The SMILES string of the molecule is OCCN1CCN(CCc2ccc(Cl)cc2)CC1. The van der Waals surface area contributed by atoms with Crippen molar-refractivity contribution in [3.63, 3.8) is 0 Å². The Balaban J connectivity index is 1.70. The first-order valence-corrected chi connectivity index (χ1v) is 6.96. The van der Waals surface area contributed by atoms with Gasteiger partial charge in [-0.25, -0.2) is 0 Å². The van der Waals surface area contributed by atoms with Crippen LogP contribution >= 0.6 is 11.6 Å². The van der Waals surface area contributed by atoms with Gasteiger partial charge in [0, 0.05) is 44.3 Å². The summed E-state index contributed by atoms with van der Waals surface area (Å²) in [5.74, 6) is 0. The molecule has 100 valence electrons. The molecule has 1 aliphatic heterocycles. The number of nitrogens with zero attached hydrogens (tertiary/aromatic N) is 2. The highest BCUT2D eigenvalue weighted by Crippen LogP contribution is 2.11. The Labute approximate surface area is 114 Å². The molecule has 1 aromatic carbocycles. The van der Waals surface area contributed by atoms with Crippen molar-refractivity contribution in [1.29, 1.82) is 0 Å². The van der Waals surface area contributed by atoms with Gasteiger partial charge in [-0.2, -0.15) is 0 Å². The molecule has 18 heavy (non-hydrogen) atoms. The zero-order valence-electron chi connectivity index (χ0n) is 10.7. The molecule has 0 aliphatic carbocycles. The van der Waals surface area contributed by atoms with Crippen LogP contribution in [0, 0.1) is 0 Å². The molecule has 4 heteroatoms. The lowest BCUT2D eigenvalue weighted by molar-refractivity contribution is 0.113. The van der Waals surface area contributed by atoms with Gasteiger partial charge < -0.3 is 10.0 Å². The number of aliphatic hydroxyl groups excluding tert-OH is 1. The summed E-state index contributed by atoms with van der Waals surface area (Å²) in [7, 11) is 0. The van der Waals surface area contributed by atoms with E-state index in [-0.39, 0.29) is 6.61 Å². The number of hydrogen-bond donors (Lipinski definition) is 1. The highest BCUT2D eigenvalue weighted by molar-refractivity contribution is 6.30. The minimum absolute atomic E-state index is 0.269. The third kappa shape index (κ3) is 4.25. The van der Waals surface area contributed by atoms with Gasteiger partial charge in [0.15, 0.2) is 0 Å². The summed E-state index contributed by atoms with van der Waals surface area (Å²) in [6.07, 6.45) is 1.08. The number of rotatable bonds is 5. The molecule has 0 atom stereocenters. The zero-order valence-corrected chi connectivity index (χ0v) is 11.4. The lowest BCUT2D eigenvalue weighted by atomic mass is 10.1. The van der Waals surface area contributed by atoms with Crippen LogP contribution in [0.3, 0.4) is 0 Å². The molecule has 3 nitrogen and oxygen atoms in total. The Bertz CT molecular complexity index is 347. The van der Waals surface area contributed by atoms with E-state index in [2.05, 4.69) is 21.9 Å². The van der Waals surface area contributed by atoms with Crippen molar-refractivity contribution in [2.75, 3.05) is 45.9 Å². The first kappa shape index (κ1) is 13.8. The highest BCUT2D eigenvalue weighted by atomic mass is 35.5. The zero-order chi connectivity index (χ0) is 12.8. The van der Waals surface area contributed by atoms with Gasteiger partial charge in [0.1, 0.15) is 0 Å². The smallest absolute Gasteiger partial charge is 0.0558 e. The first-order chi connectivity index (χ1) is 8.78. The Kier molecular flexibility index (Phi) is 5.45. The van der Waals surface area contributed by atoms with Crippen LogP contribution in [0.5, 0.6) is 0 Å². The van der Waals surface area contributed by atoms with E-state index in [0.29, 0.717) is 0 Å². The molecule has 1 heterocycles. The Morgan fingerprint density at radius 2 is 1.50 bits per heavy atom. The molecule has 0 amide bonds. The standard InChI is InChI=1S/C14H21ClN2O/c15-14-3-1-13(2-4-14)5-6-16-7-9-17(10-8-16)11-12-18/h1-4,18H,5-12H2. The molecule has 1 saturated heterocycles. The first-order valence-electron chi connectivity index (χ1n) is 6.58. The van der Waals surface area contributed by atoms with E-state index in [1.165, 1.54) is 5.56 Å². The monoisotopic (exact) mass is 268 g/mol. The lowest BCUT2D eigenvalue weighted by Crippen LogP contribution is -2.47. The molecule has 0 spiro atoms. The number of halogens is 1. The van der Waals surface area contributed by atoms with Gasteiger partial charge in [0.2, 0.25) is 0 Å². The van der Waals surface area contributed by atoms with E-state index >= 15 is 0 Å². The van der Waals surface area contributed by atoms with E-state index in [1.807, 2.05) is 12.1 Å². The van der Waals surface area contributed by atoms with Crippen molar-refractivity contribution >= 4 is 11.6 Å². The summed E-state index contributed by atoms with van der Waals surface area (Å²) in [5, 5.41) is 9.69. The summed E-state index contributed by atoms with van der Waals surface area (Å²) in [5.41, 5.74) is 1.34. The van der Waals surface area contributed by atoms with E-state index in [1.54, 1.807) is 0 Å². The highest BCUT2D eigenvalue weighted by Gasteiger charge is 2.15. The third-order valence-electron chi connectivity index (χ3n) is 3.51. The number of hydrogen-bond acceptors (Lipinski definition) is 3. The fraction of sp³-hybridized carbons (Fsp3) is 0.571. The van der Waals surface area contributed by atoms with Crippen LogP contribution in [0.15, 0.2) is 24.3 Å². The van der Waals surface area contributed by atoms with Crippen molar-refractivity contribution in [3.8, 4) is 0 Å². The summed E-state index contributed by atoms with van der Waals surface area (Å²) in [6.45, 7) is 6.54. The Morgan fingerprint density at radius 1 is 0.944 bits per heavy atom. The second kappa shape index (κ2) is 7.10. The fourth-order valence-electron chi connectivity index (χ4n) is 2.32. The van der Waals surface area contributed by atoms with Crippen molar-refractivity contribution in [1.82, 2.24) is 9.80 Å². The maximum atomic E-state index is 8.89. The maximum Gasteiger partial charge on any atom is 0.0558 e. The summed E-state index contributed by atoms with van der Waals surface area (Å²) in [6, 6.07) is 8.11. The fourth-order valence-corrected chi connectivity index (χ4v) is 2.44. The topological polar surface area (TPSA) is 26.7 Å². The molecule has 0 unspecified atom stereocenters. The number of β-amino-alcohol motifs (C(OH)–C–C–N with tert-alkyl or cyclic N) is 1. The Morgan fingerprint density at radius 3 is 2.06 bits per heavy atom. The summed E-state index contributed by atoms with van der Waals surface area (Å²) >= 11 is 5.87. The minimum atomic E-state index is 0.269. The van der Waals surface area contributed by atoms with Crippen LogP contribution in [0.1, 0.15) is 5.56 Å². The van der Waals surface area contributed by atoms with Crippen LogP contribution in [-0.2, 0) is 6.42 Å². The molecule has 1 aliphatic rings. The van der Waals surface area contributed by atoms with Gasteiger partial charge in [0.25, 0.3) is 0 Å². The van der Waals surface area contributed by atoms with E-state index in [9.17, 15) is 0 Å². The van der Waals surface area contributed by atoms with Crippen LogP contribution in [0.4, 0.5) is 0 Å². The van der Waals surface area contributed by atoms with Gasteiger partial charge in [-0.1, -0.05) is 23.7 Å². The summed E-state index contributed by atoms with van der Waals surface area (Å²) in [4.78, 5) is 4.81. The van der Waals surface area contributed by atoms with Crippen LogP contribution in [0.25, 0.3) is 0 Å². The van der Waals surface area contributed by atoms with Crippen LogP contribution in [0.2, 0.25) is 5.02 Å². The largest absolute Gasteiger partial charge is 0.395 e. The summed E-state index contributed by atoms with van der Waals surface area (Å²) < 4.78 is 0. The van der Waals surface area contributed by atoms with Gasteiger partial charge >= 0.3 is 0 Å². The van der Waals surface area contributed by atoms with Crippen molar-refractivity contribution in [2.45, 2.75) is 6.42 Å². The molecule has 0 aromatic heterocycles. The molecule has 0 radical (unpaired) electrons. The predicted molar refractivity (Wildman–Crippen MR) is 75.1 cm³/mol. The van der Waals surface area contributed by atoms with Gasteiger partial charge in [-0.15, -0.1) is 0 Å². The van der Waals surface area contributed by atoms with E-state index < -0.39 is 0 Å². The number of benzene rings is 1. The molecule has 1 aromatic rings. The third-order valence-corrected chi connectivity index (χ3v) is 3.76. The average molecular weight is 269 g/mol. The second-order valence-electron chi connectivity index (χ2n) is 4.78. The van der Waals surface area contributed by atoms with E-state index in [0.717, 1.165) is 50.7 Å². The molecule has 0 bridgehead atoms. The molecular formula is C14H21ClN2O. The predicted octanol–water partition coefficient (Wildman–Crippen LogP) is 1.49. The second-order valence-corrected chi connectivity index (χ2v) is 5.22. The molecular weight excluding hydrogens is 248 g/mol.